The standard InChI is InChI=1S/C21H22Br3N3O/c1-13(2)16-6-4-15(5-7-16)8-14(3)11-26-27-20(28)12-25-21-18(23)9-17(22)10-19(21)24/h4-11,13,25H,12H2,1-3H3,(H,27,28)/b14-8+,26-11+. The van der Waals surface area contributed by atoms with Crippen LogP contribution in [0.15, 0.2) is 60.5 Å². The number of carbonyl (C=O) groups excluding carboxylic acids is 1. The minimum Gasteiger partial charge on any atom is -0.374 e. The highest BCUT2D eigenvalue weighted by molar-refractivity contribution is 9.11. The highest BCUT2D eigenvalue weighted by atomic mass is 79.9. The molecule has 0 spiro atoms. The molecule has 0 unspecified atom stereocenters. The van der Waals surface area contributed by atoms with Crippen LogP contribution in [0.4, 0.5) is 5.69 Å². The molecule has 2 aromatic rings. The maximum absolute atomic E-state index is 12.0. The molecule has 7 heteroatoms. The summed E-state index contributed by atoms with van der Waals surface area (Å²) in [7, 11) is 0. The smallest absolute Gasteiger partial charge is 0.259 e. The Bertz CT molecular complexity index is 867. The predicted octanol–water partition coefficient (Wildman–Crippen LogP) is 6.71. The van der Waals surface area contributed by atoms with E-state index in [0.29, 0.717) is 5.92 Å². The van der Waals surface area contributed by atoms with Crippen LogP contribution < -0.4 is 10.7 Å². The average Bonchev–Trinajstić information content (AvgIpc) is 2.61. The van der Waals surface area contributed by atoms with Crippen molar-refractivity contribution >= 4 is 71.7 Å². The molecule has 0 saturated heterocycles. The Labute approximate surface area is 191 Å². The van der Waals surface area contributed by atoms with Crippen LogP contribution in [0.2, 0.25) is 0 Å². The summed E-state index contributed by atoms with van der Waals surface area (Å²) >= 11 is 10.4. The number of hydrazone groups is 1. The molecule has 0 heterocycles. The number of hydrogen-bond donors (Lipinski definition) is 2. The van der Waals surface area contributed by atoms with Crippen LogP contribution in [-0.4, -0.2) is 18.7 Å². The van der Waals surface area contributed by atoms with Gasteiger partial charge in [0.05, 0.1) is 18.4 Å². The SMILES string of the molecule is CC(/C=N/NC(=O)CNc1c(Br)cc(Br)cc1Br)=C\c1ccc(C(C)C)cc1. The molecular formula is C21H22Br3N3O. The Balaban J connectivity index is 1.87. The molecule has 0 aliphatic rings. The number of rotatable bonds is 7. The van der Waals surface area contributed by atoms with E-state index in [0.717, 1.165) is 30.2 Å². The highest BCUT2D eigenvalue weighted by Gasteiger charge is 2.08. The van der Waals surface area contributed by atoms with Crippen molar-refractivity contribution in [3.8, 4) is 0 Å². The zero-order valence-electron chi connectivity index (χ0n) is 15.9. The average molecular weight is 572 g/mol. The van der Waals surface area contributed by atoms with Gasteiger partial charge in [0, 0.05) is 13.4 Å². The molecule has 0 fully saturated rings. The Morgan fingerprint density at radius 3 is 2.29 bits per heavy atom. The summed E-state index contributed by atoms with van der Waals surface area (Å²) in [6.07, 6.45) is 3.66. The van der Waals surface area contributed by atoms with Crippen LogP contribution in [0.1, 0.15) is 37.8 Å². The summed E-state index contributed by atoms with van der Waals surface area (Å²) in [5.74, 6) is 0.287. The number of nitrogens with one attached hydrogen (secondary N) is 2. The number of amides is 1. The summed E-state index contributed by atoms with van der Waals surface area (Å²) in [4.78, 5) is 12.0. The Morgan fingerprint density at radius 2 is 1.71 bits per heavy atom. The lowest BCUT2D eigenvalue weighted by molar-refractivity contribution is -0.119. The summed E-state index contributed by atoms with van der Waals surface area (Å²) < 4.78 is 2.64. The molecule has 4 nitrogen and oxygen atoms in total. The third kappa shape index (κ3) is 7.18. The Kier molecular flexibility index (Phi) is 8.92. The number of hydrogen-bond acceptors (Lipinski definition) is 3. The molecule has 148 valence electrons. The van der Waals surface area contributed by atoms with Crippen molar-refractivity contribution in [2.75, 3.05) is 11.9 Å². The summed E-state index contributed by atoms with van der Waals surface area (Å²) in [5.41, 5.74) is 6.70. The van der Waals surface area contributed by atoms with Gasteiger partial charge in [-0.05, 0) is 73.5 Å². The van der Waals surface area contributed by atoms with Gasteiger partial charge in [-0.3, -0.25) is 4.79 Å². The lowest BCUT2D eigenvalue weighted by Gasteiger charge is -2.10. The fraction of sp³-hybridized carbons (Fsp3) is 0.238. The van der Waals surface area contributed by atoms with Gasteiger partial charge in [0.2, 0.25) is 0 Å². The number of carbonyl (C=O) groups is 1. The van der Waals surface area contributed by atoms with Crippen LogP contribution in [0.3, 0.4) is 0 Å². The lowest BCUT2D eigenvalue weighted by atomic mass is 10.0. The second kappa shape index (κ2) is 10.9. The normalized spacial score (nSPS) is 11.9. The van der Waals surface area contributed by atoms with Gasteiger partial charge in [-0.15, -0.1) is 0 Å². The first-order valence-corrected chi connectivity index (χ1v) is 11.1. The van der Waals surface area contributed by atoms with E-state index in [-0.39, 0.29) is 12.5 Å². The van der Waals surface area contributed by atoms with Gasteiger partial charge in [-0.2, -0.15) is 5.10 Å². The molecular weight excluding hydrogens is 550 g/mol. The van der Waals surface area contributed by atoms with Crippen molar-refractivity contribution in [2.24, 2.45) is 5.10 Å². The molecule has 0 aromatic heterocycles. The van der Waals surface area contributed by atoms with Gasteiger partial charge in [-0.1, -0.05) is 60.1 Å². The van der Waals surface area contributed by atoms with E-state index in [2.05, 4.69) is 102 Å². The molecule has 28 heavy (non-hydrogen) atoms. The maximum atomic E-state index is 12.0. The molecule has 0 aliphatic carbocycles. The van der Waals surface area contributed by atoms with E-state index in [1.165, 1.54) is 5.56 Å². The molecule has 0 aliphatic heterocycles. The summed E-state index contributed by atoms with van der Waals surface area (Å²) in [6, 6.07) is 12.3. The minimum absolute atomic E-state index is 0.107. The quantitative estimate of drug-likeness (QED) is 0.286. The van der Waals surface area contributed by atoms with E-state index in [1.54, 1.807) is 6.21 Å². The van der Waals surface area contributed by atoms with Crippen molar-refractivity contribution in [3.05, 3.63) is 66.5 Å². The highest BCUT2D eigenvalue weighted by Crippen LogP contribution is 2.34. The van der Waals surface area contributed by atoms with Crippen molar-refractivity contribution in [2.45, 2.75) is 26.7 Å². The number of allylic oxidation sites excluding steroid dienone is 1. The molecule has 2 N–H and O–H groups in total. The first-order valence-electron chi connectivity index (χ1n) is 8.75. The van der Waals surface area contributed by atoms with Crippen LogP contribution in [0.25, 0.3) is 6.08 Å². The summed E-state index contributed by atoms with van der Waals surface area (Å²) in [6.45, 7) is 6.40. The Hall–Kier alpha value is -1.44. The predicted molar refractivity (Wildman–Crippen MR) is 129 cm³/mol. The zero-order chi connectivity index (χ0) is 20.7. The maximum Gasteiger partial charge on any atom is 0.259 e. The number of benzene rings is 2. The van der Waals surface area contributed by atoms with Crippen LogP contribution in [0, 0.1) is 0 Å². The van der Waals surface area contributed by atoms with E-state index >= 15 is 0 Å². The lowest BCUT2D eigenvalue weighted by Crippen LogP contribution is -2.26. The van der Waals surface area contributed by atoms with E-state index in [1.807, 2.05) is 25.1 Å². The fourth-order valence-corrected chi connectivity index (χ4v) is 4.94. The zero-order valence-corrected chi connectivity index (χ0v) is 20.7. The molecule has 0 saturated carbocycles. The van der Waals surface area contributed by atoms with Crippen molar-refractivity contribution < 1.29 is 4.79 Å². The first kappa shape index (κ1) is 22.8. The van der Waals surface area contributed by atoms with Gasteiger partial charge in [-0.25, -0.2) is 5.43 Å². The number of nitrogens with zero attached hydrogens (tertiary/aromatic N) is 1. The molecule has 2 aromatic carbocycles. The van der Waals surface area contributed by atoms with Gasteiger partial charge in [0.15, 0.2) is 0 Å². The van der Waals surface area contributed by atoms with E-state index < -0.39 is 0 Å². The van der Waals surface area contributed by atoms with Gasteiger partial charge in [0.25, 0.3) is 5.91 Å². The van der Waals surface area contributed by atoms with Crippen LogP contribution >= 0.6 is 47.8 Å². The van der Waals surface area contributed by atoms with Gasteiger partial charge >= 0.3 is 0 Å². The second-order valence-corrected chi connectivity index (χ2v) is 9.23. The van der Waals surface area contributed by atoms with Gasteiger partial charge in [0.1, 0.15) is 0 Å². The fourth-order valence-electron chi connectivity index (χ4n) is 2.40. The van der Waals surface area contributed by atoms with E-state index in [4.69, 9.17) is 0 Å². The van der Waals surface area contributed by atoms with Crippen molar-refractivity contribution in [1.29, 1.82) is 0 Å². The number of anilines is 1. The Morgan fingerprint density at radius 1 is 1.11 bits per heavy atom. The van der Waals surface area contributed by atoms with Gasteiger partial charge < -0.3 is 5.32 Å². The topological polar surface area (TPSA) is 53.5 Å². The second-order valence-electron chi connectivity index (χ2n) is 6.60. The minimum atomic E-state index is -0.230. The van der Waals surface area contributed by atoms with Crippen molar-refractivity contribution in [3.63, 3.8) is 0 Å². The molecule has 0 bridgehead atoms. The third-order valence-electron chi connectivity index (χ3n) is 3.89. The monoisotopic (exact) mass is 569 g/mol. The number of halogens is 3. The largest absolute Gasteiger partial charge is 0.374 e. The molecule has 0 atom stereocenters. The van der Waals surface area contributed by atoms with Crippen molar-refractivity contribution in [1.82, 2.24) is 5.43 Å². The molecule has 1 amide bonds. The van der Waals surface area contributed by atoms with Crippen LogP contribution in [-0.2, 0) is 4.79 Å². The summed E-state index contributed by atoms with van der Waals surface area (Å²) in [5, 5.41) is 7.11. The van der Waals surface area contributed by atoms with E-state index in [9.17, 15) is 4.79 Å². The first-order chi connectivity index (χ1) is 13.3. The molecule has 0 radical (unpaired) electrons. The third-order valence-corrected chi connectivity index (χ3v) is 5.60. The van der Waals surface area contributed by atoms with Crippen LogP contribution in [0.5, 0.6) is 0 Å². The molecule has 2 rings (SSSR count).